The molecule has 3 nitrogen and oxygen atoms in total. The minimum absolute atomic E-state index is 0.261. The summed E-state index contributed by atoms with van der Waals surface area (Å²) in [7, 11) is 2.02. The zero-order valence-electron chi connectivity index (χ0n) is 10.9. The van der Waals surface area contributed by atoms with E-state index in [9.17, 15) is 0 Å². The Morgan fingerprint density at radius 2 is 2.12 bits per heavy atom. The summed E-state index contributed by atoms with van der Waals surface area (Å²) in [5.41, 5.74) is 9.51. The van der Waals surface area contributed by atoms with Gasteiger partial charge in [0.2, 0.25) is 0 Å². The van der Waals surface area contributed by atoms with Gasteiger partial charge >= 0.3 is 0 Å². The molecule has 0 unspecified atom stereocenters. The lowest BCUT2D eigenvalue weighted by atomic mass is 9.83. The number of nitrogens with zero attached hydrogens (tertiary/aromatic N) is 2. The van der Waals surface area contributed by atoms with E-state index in [1.165, 1.54) is 11.1 Å². The topological polar surface area (TPSA) is 43.8 Å². The molecule has 0 aliphatic rings. The number of aryl methyl sites for hydroxylation is 1. The fourth-order valence-corrected chi connectivity index (χ4v) is 2.32. The van der Waals surface area contributed by atoms with Gasteiger partial charge in [-0.2, -0.15) is 0 Å². The third-order valence-electron chi connectivity index (χ3n) is 3.29. The Morgan fingerprint density at radius 1 is 1.35 bits per heavy atom. The monoisotopic (exact) mass is 231 g/mol. The van der Waals surface area contributed by atoms with Crippen LogP contribution in [-0.4, -0.2) is 16.1 Å². The van der Waals surface area contributed by atoms with Gasteiger partial charge in [0.05, 0.1) is 17.4 Å². The normalized spacial score (nSPS) is 12.2. The number of hydrogen-bond donors (Lipinski definition) is 1. The van der Waals surface area contributed by atoms with E-state index >= 15 is 0 Å². The van der Waals surface area contributed by atoms with Crippen LogP contribution < -0.4 is 5.73 Å². The van der Waals surface area contributed by atoms with Crippen LogP contribution in [-0.2, 0) is 13.5 Å². The fraction of sp³-hybridized carbons (Fsp3) is 0.500. The van der Waals surface area contributed by atoms with Gasteiger partial charge in [-0.3, -0.25) is 0 Å². The Bertz CT molecular complexity index is 511. The Balaban J connectivity index is 2.25. The molecule has 2 aromatic rings. The number of rotatable bonds is 4. The zero-order chi connectivity index (χ0) is 12.5. The van der Waals surface area contributed by atoms with Crippen LogP contribution in [0.4, 0.5) is 0 Å². The molecule has 1 aromatic carbocycles. The van der Waals surface area contributed by atoms with Crippen molar-refractivity contribution in [1.29, 1.82) is 0 Å². The molecule has 0 radical (unpaired) electrons. The van der Waals surface area contributed by atoms with E-state index < -0.39 is 0 Å². The van der Waals surface area contributed by atoms with Crippen molar-refractivity contribution in [3.8, 4) is 0 Å². The van der Waals surface area contributed by atoms with Crippen LogP contribution in [0.3, 0.4) is 0 Å². The molecule has 1 aromatic heterocycles. The second-order valence-corrected chi connectivity index (χ2v) is 5.56. The van der Waals surface area contributed by atoms with Crippen LogP contribution in [0.5, 0.6) is 0 Å². The summed E-state index contributed by atoms with van der Waals surface area (Å²) >= 11 is 0. The maximum absolute atomic E-state index is 5.65. The predicted octanol–water partition coefficient (Wildman–Crippen LogP) is 2.49. The molecule has 2 N–H and O–H groups in total. The van der Waals surface area contributed by atoms with Crippen molar-refractivity contribution >= 4 is 11.0 Å². The SMILES string of the molecule is Cn1cnc2cc(CC(C)(C)CCN)ccc21. The van der Waals surface area contributed by atoms with E-state index in [0.717, 1.165) is 24.9 Å². The Labute approximate surface area is 103 Å². The van der Waals surface area contributed by atoms with Crippen LogP contribution in [0.1, 0.15) is 25.8 Å². The van der Waals surface area contributed by atoms with E-state index in [0.29, 0.717) is 0 Å². The van der Waals surface area contributed by atoms with Crippen LogP contribution in [0.25, 0.3) is 11.0 Å². The average Bonchev–Trinajstić information content (AvgIpc) is 2.59. The Hall–Kier alpha value is -1.35. The van der Waals surface area contributed by atoms with E-state index in [1.807, 2.05) is 17.9 Å². The highest BCUT2D eigenvalue weighted by Gasteiger charge is 2.17. The van der Waals surface area contributed by atoms with E-state index in [-0.39, 0.29) is 5.41 Å². The number of nitrogens with two attached hydrogens (primary N) is 1. The molecule has 0 spiro atoms. The van der Waals surface area contributed by atoms with Crippen molar-refractivity contribution < 1.29 is 0 Å². The molecule has 0 aliphatic heterocycles. The van der Waals surface area contributed by atoms with Crippen LogP contribution >= 0.6 is 0 Å². The summed E-state index contributed by atoms with van der Waals surface area (Å²) in [5.74, 6) is 0. The van der Waals surface area contributed by atoms with Gasteiger partial charge in [0.15, 0.2) is 0 Å². The van der Waals surface area contributed by atoms with Gasteiger partial charge in [-0.1, -0.05) is 19.9 Å². The highest BCUT2D eigenvalue weighted by Crippen LogP contribution is 2.26. The third kappa shape index (κ3) is 2.67. The molecule has 0 fully saturated rings. The quantitative estimate of drug-likeness (QED) is 0.878. The summed E-state index contributed by atoms with van der Waals surface area (Å²) in [5, 5.41) is 0. The summed E-state index contributed by atoms with van der Waals surface area (Å²) in [6, 6.07) is 6.53. The van der Waals surface area contributed by atoms with E-state index in [1.54, 1.807) is 0 Å². The molecule has 0 bridgehead atoms. The van der Waals surface area contributed by atoms with Crippen LogP contribution in [0.15, 0.2) is 24.5 Å². The zero-order valence-corrected chi connectivity index (χ0v) is 10.9. The van der Waals surface area contributed by atoms with Crippen molar-refractivity contribution in [1.82, 2.24) is 9.55 Å². The lowest BCUT2D eigenvalue weighted by molar-refractivity contribution is 0.339. The largest absolute Gasteiger partial charge is 0.334 e. The van der Waals surface area contributed by atoms with Gasteiger partial charge in [-0.15, -0.1) is 0 Å². The molecule has 92 valence electrons. The summed E-state index contributed by atoms with van der Waals surface area (Å²) in [4.78, 5) is 4.39. The summed E-state index contributed by atoms with van der Waals surface area (Å²) < 4.78 is 2.05. The summed E-state index contributed by atoms with van der Waals surface area (Å²) in [6.45, 7) is 5.28. The first kappa shape index (κ1) is 12.1. The maximum Gasteiger partial charge on any atom is 0.0955 e. The highest BCUT2D eigenvalue weighted by atomic mass is 15.0. The van der Waals surface area contributed by atoms with Crippen molar-refractivity contribution in [2.45, 2.75) is 26.7 Å². The minimum atomic E-state index is 0.261. The number of imidazole rings is 1. The van der Waals surface area contributed by atoms with Crippen LogP contribution in [0, 0.1) is 5.41 Å². The molecular formula is C14H21N3. The Morgan fingerprint density at radius 3 is 2.82 bits per heavy atom. The molecule has 0 saturated heterocycles. The van der Waals surface area contributed by atoms with Gasteiger partial charge in [0.25, 0.3) is 0 Å². The molecule has 0 amide bonds. The molecule has 2 rings (SSSR count). The highest BCUT2D eigenvalue weighted by molar-refractivity contribution is 5.75. The standard InChI is InChI=1S/C14H21N3/c1-14(2,6-7-15)9-11-4-5-13-12(8-11)16-10-17(13)3/h4-5,8,10H,6-7,9,15H2,1-3H3. The van der Waals surface area contributed by atoms with Crippen molar-refractivity contribution in [3.05, 3.63) is 30.1 Å². The molecule has 0 saturated carbocycles. The molecule has 0 aliphatic carbocycles. The second-order valence-electron chi connectivity index (χ2n) is 5.56. The number of hydrogen-bond acceptors (Lipinski definition) is 2. The lowest BCUT2D eigenvalue weighted by Gasteiger charge is -2.23. The molecule has 1 heterocycles. The summed E-state index contributed by atoms with van der Waals surface area (Å²) in [6.07, 6.45) is 3.96. The Kier molecular flexibility index (Phi) is 3.20. The van der Waals surface area contributed by atoms with Gasteiger partial charge in [0, 0.05) is 7.05 Å². The van der Waals surface area contributed by atoms with Crippen LogP contribution in [0.2, 0.25) is 0 Å². The van der Waals surface area contributed by atoms with E-state index in [2.05, 4.69) is 37.0 Å². The first-order valence-electron chi connectivity index (χ1n) is 6.12. The number of aromatic nitrogens is 2. The molecular weight excluding hydrogens is 210 g/mol. The maximum atomic E-state index is 5.65. The fourth-order valence-electron chi connectivity index (χ4n) is 2.32. The van der Waals surface area contributed by atoms with Crippen molar-refractivity contribution in [2.75, 3.05) is 6.54 Å². The molecule has 3 heteroatoms. The van der Waals surface area contributed by atoms with Gasteiger partial charge in [0.1, 0.15) is 0 Å². The second kappa shape index (κ2) is 4.49. The van der Waals surface area contributed by atoms with Crippen molar-refractivity contribution in [3.63, 3.8) is 0 Å². The smallest absolute Gasteiger partial charge is 0.0955 e. The predicted molar refractivity (Wildman–Crippen MR) is 71.9 cm³/mol. The first-order valence-corrected chi connectivity index (χ1v) is 6.12. The van der Waals surface area contributed by atoms with Gasteiger partial charge in [-0.25, -0.2) is 4.98 Å². The van der Waals surface area contributed by atoms with Crippen molar-refractivity contribution in [2.24, 2.45) is 18.2 Å². The molecule has 17 heavy (non-hydrogen) atoms. The number of fused-ring (bicyclic) bond motifs is 1. The average molecular weight is 231 g/mol. The van der Waals surface area contributed by atoms with E-state index in [4.69, 9.17) is 5.73 Å². The minimum Gasteiger partial charge on any atom is -0.334 e. The third-order valence-corrected chi connectivity index (χ3v) is 3.29. The number of benzene rings is 1. The molecule has 0 atom stereocenters. The van der Waals surface area contributed by atoms with Gasteiger partial charge < -0.3 is 10.3 Å². The van der Waals surface area contributed by atoms with Gasteiger partial charge in [-0.05, 0) is 42.5 Å². The lowest BCUT2D eigenvalue weighted by Crippen LogP contribution is -2.19. The first-order chi connectivity index (χ1) is 8.02.